The third-order valence-corrected chi connectivity index (χ3v) is 5.81. The first-order valence-corrected chi connectivity index (χ1v) is 8.72. The monoisotopic (exact) mass is 292 g/mol. The summed E-state index contributed by atoms with van der Waals surface area (Å²) in [7, 11) is 0. The third-order valence-electron chi connectivity index (χ3n) is 5.81. The number of carbonyl (C=O) groups is 2. The maximum atomic E-state index is 12.6. The quantitative estimate of drug-likeness (QED) is 0.814. The van der Waals surface area contributed by atoms with E-state index in [1.165, 1.54) is 12.8 Å². The molecular weight excluding hydrogens is 264 g/mol. The smallest absolute Gasteiger partial charge is 0.229 e. The minimum absolute atomic E-state index is 0.0334. The molecule has 3 aliphatic rings. The van der Waals surface area contributed by atoms with E-state index in [-0.39, 0.29) is 23.3 Å². The average molecular weight is 292 g/mol. The normalized spacial score (nSPS) is 32.9. The molecule has 1 aliphatic heterocycles. The van der Waals surface area contributed by atoms with Crippen LogP contribution in [0.2, 0.25) is 0 Å². The predicted octanol–water partition coefficient (Wildman–Crippen LogP) is 2.62. The molecule has 2 aliphatic carbocycles. The van der Waals surface area contributed by atoms with E-state index in [1.807, 2.05) is 0 Å². The molecule has 21 heavy (non-hydrogen) atoms. The van der Waals surface area contributed by atoms with Crippen LogP contribution in [-0.2, 0) is 9.59 Å². The Balaban J connectivity index is 1.61. The SMILES string of the molecule is CCNC1CCC(N2C(=O)CC3(CCCC3)CC2=O)CC1. The van der Waals surface area contributed by atoms with E-state index >= 15 is 0 Å². The Morgan fingerprint density at radius 3 is 2.14 bits per heavy atom. The van der Waals surface area contributed by atoms with E-state index < -0.39 is 0 Å². The van der Waals surface area contributed by atoms with Crippen LogP contribution < -0.4 is 5.32 Å². The van der Waals surface area contributed by atoms with Gasteiger partial charge < -0.3 is 5.32 Å². The lowest BCUT2D eigenvalue weighted by atomic mass is 9.75. The summed E-state index contributed by atoms with van der Waals surface area (Å²) in [5.74, 6) is 0.222. The van der Waals surface area contributed by atoms with Crippen LogP contribution >= 0.6 is 0 Å². The predicted molar refractivity (Wildman–Crippen MR) is 81.7 cm³/mol. The molecule has 1 saturated heterocycles. The van der Waals surface area contributed by atoms with Crippen molar-refractivity contribution in [3.63, 3.8) is 0 Å². The minimum Gasteiger partial charge on any atom is -0.314 e. The second-order valence-corrected chi connectivity index (χ2v) is 7.28. The second-order valence-electron chi connectivity index (χ2n) is 7.28. The van der Waals surface area contributed by atoms with E-state index in [9.17, 15) is 9.59 Å². The Hall–Kier alpha value is -0.900. The molecule has 0 unspecified atom stereocenters. The van der Waals surface area contributed by atoms with E-state index in [0.717, 1.165) is 45.1 Å². The van der Waals surface area contributed by atoms with Gasteiger partial charge in [0.1, 0.15) is 0 Å². The molecule has 3 rings (SSSR count). The van der Waals surface area contributed by atoms with Gasteiger partial charge in [-0.2, -0.15) is 0 Å². The summed E-state index contributed by atoms with van der Waals surface area (Å²) >= 11 is 0. The number of imide groups is 1. The lowest BCUT2D eigenvalue weighted by Gasteiger charge is -2.42. The standard InChI is InChI=1S/C17H28N2O2/c1-2-18-13-5-7-14(8-6-13)19-15(20)11-17(12-16(19)21)9-3-4-10-17/h13-14,18H,2-12H2,1H3. The summed E-state index contributed by atoms with van der Waals surface area (Å²) in [6.45, 7) is 3.13. The van der Waals surface area contributed by atoms with Gasteiger partial charge >= 0.3 is 0 Å². The van der Waals surface area contributed by atoms with Crippen LogP contribution in [-0.4, -0.2) is 35.3 Å². The van der Waals surface area contributed by atoms with Gasteiger partial charge in [-0.15, -0.1) is 0 Å². The number of likely N-dealkylation sites (tertiary alicyclic amines) is 1. The molecule has 3 fully saturated rings. The Bertz CT molecular complexity index is 387. The Morgan fingerprint density at radius 1 is 1.05 bits per heavy atom. The third kappa shape index (κ3) is 3.01. The first kappa shape index (κ1) is 15.0. The van der Waals surface area contributed by atoms with Crippen LogP contribution in [0.4, 0.5) is 0 Å². The Morgan fingerprint density at radius 2 is 1.62 bits per heavy atom. The van der Waals surface area contributed by atoms with E-state index in [2.05, 4.69) is 12.2 Å². The van der Waals surface area contributed by atoms with Gasteiger partial charge in [0.05, 0.1) is 0 Å². The molecule has 1 spiro atoms. The van der Waals surface area contributed by atoms with Crippen LogP contribution in [0.3, 0.4) is 0 Å². The van der Waals surface area contributed by atoms with E-state index in [1.54, 1.807) is 4.90 Å². The molecule has 0 bridgehead atoms. The van der Waals surface area contributed by atoms with Crippen molar-refractivity contribution in [2.24, 2.45) is 5.41 Å². The van der Waals surface area contributed by atoms with Crippen LogP contribution in [0, 0.1) is 5.41 Å². The largest absolute Gasteiger partial charge is 0.314 e. The molecule has 0 aromatic rings. The zero-order valence-corrected chi connectivity index (χ0v) is 13.2. The van der Waals surface area contributed by atoms with Crippen molar-refractivity contribution in [2.45, 2.75) is 83.2 Å². The average Bonchev–Trinajstić information content (AvgIpc) is 2.88. The fourth-order valence-electron chi connectivity index (χ4n) is 4.73. The lowest BCUT2D eigenvalue weighted by Crippen LogP contribution is -2.53. The molecule has 0 atom stereocenters. The highest BCUT2D eigenvalue weighted by molar-refractivity contribution is 5.99. The van der Waals surface area contributed by atoms with Crippen molar-refractivity contribution in [1.29, 1.82) is 0 Å². The zero-order valence-electron chi connectivity index (χ0n) is 13.2. The fraction of sp³-hybridized carbons (Fsp3) is 0.882. The van der Waals surface area contributed by atoms with E-state index in [0.29, 0.717) is 18.9 Å². The summed E-state index contributed by atoms with van der Waals surface area (Å²) in [5.41, 5.74) is 0.0334. The van der Waals surface area contributed by atoms with Crippen molar-refractivity contribution in [3.8, 4) is 0 Å². The molecular formula is C17H28N2O2. The number of nitrogens with zero attached hydrogens (tertiary/aromatic N) is 1. The van der Waals surface area contributed by atoms with Crippen molar-refractivity contribution in [3.05, 3.63) is 0 Å². The summed E-state index contributed by atoms with van der Waals surface area (Å²) in [6, 6.07) is 0.737. The van der Waals surface area contributed by atoms with Gasteiger partial charge in [-0.1, -0.05) is 19.8 Å². The minimum atomic E-state index is 0.0334. The van der Waals surface area contributed by atoms with Crippen LogP contribution in [0.5, 0.6) is 0 Å². The molecule has 4 heteroatoms. The van der Waals surface area contributed by atoms with Gasteiger partial charge in [0.2, 0.25) is 11.8 Å². The Labute approximate surface area is 127 Å². The van der Waals surface area contributed by atoms with Crippen molar-refractivity contribution >= 4 is 11.8 Å². The maximum Gasteiger partial charge on any atom is 0.229 e. The van der Waals surface area contributed by atoms with E-state index in [4.69, 9.17) is 0 Å². The second kappa shape index (κ2) is 6.07. The molecule has 4 nitrogen and oxygen atoms in total. The number of rotatable bonds is 3. The van der Waals surface area contributed by atoms with Crippen LogP contribution in [0.25, 0.3) is 0 Å². The summed E-state index contributed by atoms with van der Waals surface area (Å²) < 4.78 is 0. The van der Waals surface area contributed by atoms with Crippen molar-refractivity contribution in [2.75, 3.05) is 6.54 Å². The topological polar surface area (TPSA) is 49.4 Å². The zero-order chi connectivity index (χ0) is 14.9. The molecule has 2 saturated carbocycles. The van der Waals surface area contributed by atoms with Crippen molar-refractivity contribution < 1.29 is 9.59 Å². The number of nitrogens with one attached hydrogen (secondary N) is 1. The first-order valence-electron chi connectivity index (χ1n) is 8.72. The summed E-state index contributed by atoms with van der Waals surface area (Å²) in [5, 5.41) is 3.48. The van der Waals surface area contributed by atoms with Gasteiger partial charge in [0, 0.05) is 24.9 Å². The van der Waals surface area contributed by atoms with Gasteiger partial charge in [-0.25, -0.2) is 0 Å². The highest BCUT2D eigenvalue weighted by Gasteiger charge is 2.47. The summed E-state index contributed by atoms with van der Waals surface area (Å²) in [4.78, 5) is 26.8. The van der Waals surface area contributed by atoms with Gasteiger partial charge in [-0.05, 0) is 50.5 Å². The summed E-state index contributed by atoms with van der Waals surface area (Å²) in [6.07, 6.45) is 9.88. The molecule has 0 aromatic carbocycles. The Kier molecular flexibility index (Phi) is 4.34. The molecule has 0 aromatic heterocycles. The molecule has 2 amide bonds. The van der Waals surface area contributed by atoms with Crippen molar-refractivity contribution in [1.82, 2.24) is 10.2 Å². The molecule has 118 valence electrons. The van der Waals surface area contributed by atoms with Crippen LogP contribution in [0.15, 0.2) is 0 Å². The van der Waals surface area contributed by atoms with Gasteiger partial charge in [0.25, 0.3) is 0 Å². The van der Waals surface area contributed by atoms with Gasteiger partial charge in [0.15, 0.2) is 0 Å². The number of piperidine rings is 1. The number of hydrogen-bond donors (Lipinski definition) is 1. The maximum absolute atomic E-state index is 12.6. The first-order chi connectivity index (χ1) is 10.1. The highest BCUT2D eigenvalue weighted by Crippen LogP contribution is 2.47. The van der Waals surface area contributed by atoms with Gasteiger partial charge in [-0.3, -0.25) is 14.5 Å². The highest BCUT2D eigenvalue weighted by atomic mass is 16.2. The number of hydrogen-bond acceptors (Lipinski definition) is 3. The van der Waals surface area contributed by atoms with Crippen LogP contribution in [0.1, 0.15) is 71.1 Å². The number of carbonyl (C=O) groups excluding carboxylic acids is 2. The number of amides is 2. The fourth-order valence-corrected chi connectivity index (χ4v) is 4.73. The molecule has 1 heterocycles. The molecule has 0 radical (unpaired) electrons. The lowest BCUT2D eigenvalue weighted by molar-refractivity contribution is -0.157. The molecule has 1 N–H and O–H groups in total.